The van der Waals surface area contributed by atoms with Gasteiger partial charge in [-0.1, -0.05) is 12.1 Å². The normalized spacial score (nSPS) is 15.0. The molecule has 1 amide bonds. The molecular weight excluding hydrogens is 407 g/mol. The summed E-state index contributed by atoms with van der Waals surface area (Å²) >= 11 is 0. The third kappa shape index (κ3) is 4.82. The number of hydrogen-bond donors (Lipinski definition) is 1. The molecule has 0 atom stereocenters. The van der Waals surface area contributed by atoms with Crippen LogP contribution in [0.15, 0.2) is 60.9 Å². The van der Waals surface area contributed by atoms with Crippen LogP contribution in [0.1, 0.15) is 18.4 Å². The summed E-state index contributed by atoms with van der Waals surface area (Å²) in [7, 11) is 0. The molecule has 2 aromatic heterocycles. The van der Waals surface area contributed by atoms with Gasteiger partial charge in [0.1, 0.15) is 0 Å². The molecule has 0 saturated carbocycles. The summed E-state index contributed by atoms with van der Waals surface area (Å²) in [6.07, 6.45) is -0.0996. The van der Waals surface area contributed by atoms with Crippen LogP contribution >= 0.6 is 0 Å². The molecule has 0 spiro atoms. The number of halogens is 3. The largest absolute Gasteiger partial charge is 0.418 e. The molecule has 160 valence electrons. The highest BCUT2D eigenvalue weighted by molar-refractivity contribution is 5.93. The molecule has 1 aromatic carbocycles. The fourth-order valence-electron chi connectivity index (χ4n) is 3.62. The molecule has 1 N–H and O–H groups in total. The molecule has 3 heterocycles. The molecule has 4 rings (SSSR count). The lowest BCUT2D eigenvalue weighted by atomic mass is 9.95. The van der Waals surface area contributed by atoms with Crippen molar-refractivity contribution in [3.63, 3.8) is 0 Å². The Balaban J connectivity index is 1.36. The van der Waals surface area contributed by atoms with Crippen molar-refractivity contribution in [3.05, 3.63) is 66.5 Å². The Hall–Kier alpha value is -3.49. The molecule has 0 bridgehead atoms. The molecule has 1 aliphatic heterocycles. The summed E-state index contributed by atoms with van der Waals surface area (Å²) in [4.78, 5) is 18.6. The minimum Gasteiger partial charge on any atom is -0.355 e. The van der Waals surface area contributed by atoms with Crippen molar-refractivity contribution in [1.29, 1.82) is 0 Å². The predicted octanol–water partition coefficient (Wildman–Crippen LogP) is 4.41. The summed E-state index contributed by atoms with van der Waals surface area (Å²) in [6, 6.07) is 12.5. The first-order valence-corrected chi connectivity index (χ1v) is 9.88. The monoisotopic (exact) mass is 427 g/mol. The van der Waals surface area contributed by atoms with E-state index in [0.29, 0.717) is 31.7 Å². The summed E-state index contributed by atoms with van der Waals surface area (Å²) < 4.78 is 39.4. The topological polar surface area (TPSA) is 71.0 Å². The zero-order valence-electron chi connectivity index (χ0n) is 16.5. The van der Waals surface area contributed by atoms with Crippen molar-refractivity contribution >= 4 is 17.4 Å². The fraction of sp³-hybridized carbons (Fsp3) is 0.273. The van der Waals surface area contributed by atoms with Crippen LogP contribution in [0.5, 0.6) is 0 Å². The lowest BCUT2D eigenvalue weighted by Gasteiger charge is -2.32. The molecule has 1 aliphatic rings. The second-order valence-corrected chi connectivity index (χ2v) is 7.31. The maximum Gasteiger partial charge on any atom is 0.418 e. The number of hydrogen-bond acceptors (Lipinski definition) is 5. The lowest BCUT2D eigenvalue weighted by Crippen LogP contribution is -2.38. The number of aromatic nitrogens is 3. The number of rotatable bonds is 4. The van der Waals surface area contributed by atoms with Gasteiger partial charge in [-0.3, -0.25) is 9.78 Å². The number of piperidine rings is 1. The first-order valence-electron chi connectivity index (χ1n) is 9.88. The Kier molecular flexibility index (Phi) is 5.83. The van der Waals surface area contributed by atoms with Crippen LogP contribution in [0.2, 0.25) is 0 Å². The van der Waals surface area contributed by atoms with Crippen molar-refractivity contribution < 1.29 is 18.0 Å². The number of alkyl halides is 3. The molecule has 0 radical (unpaired) electrons. The molecule has 0 unspecified atom stereocenters. The summed E-state index contributed by atoms with van der Waals surface area (Å²) in [6.45, 7) is 1.14. The zero-order valence-corrected chi connectivity index (χ0v) is 16.5. The van der Waals surface area contributed by atoms with Gasteiger partial charge in [0.25, 0.3) is 0 Å². The van der Waals surface area contributed by atoms with Crippen molar-refractivity contribution in [2.24, 2.45) is 5.92 Å². The van der Waals surface area contributed by atoms with E-state index >= 15 is 0 Å². The number of nitrogens with one attached hydrogen (secondary N) is 1. The minimum atomic E-state index is -4.52. The van der Waals surface area contributed by atoms with E-state index in [2.05, 4.69) is 20.5 Å². The SMILES string of the molecule is O=C(Nc1ccccc1C(F)(F)F)C1CCN(c2ccc(-c3ccncc3)nn2)CC1. The van der Waals surface area contributed by atoms with Crippen molar-refractivity contribution in [2.75, 3.05) is 23.3 Å². The van der Waals surface area contributed by atoms with E-state index in [-0.39, 0.29) is 11.6 Å². The van der Waals surface area contributed by atoms with Crippen molar-refractivity contribution in [3.8, 4) is 11.3 Å². The number of carbonyl (C=O) groups is 1. The van der Waals surface area contributed by atoms with Crippen molar-refractivity contribution in [2.45, 2.75) is 19.0 Å². The van der Waals surface area contributed by atoms with Crippen molar-refractivity contribution in [1.82, 2.24) is 15.2 Å². The Morgan fingerprint density at radius 2 is 1.68 bits per heavy atom. The number of carbonyl (C=O) groups excluding carboxylic acids is 1. The molecule has 9 heteroatoms. The quantitative estimate of drug-likeness (QED) is 0.668. The molecule has 0 aliphatic carbocycles. The second kappa shape index (κ2) is 8.71. The van der Waals surface area contributed by atoms with Gasteiger partial charge in [-0.25, -0.2) is 0 Å². The highest BCUT2D eigenvalue weighted by Gasteiger charge is 2.34. The zero-order chi connectivity index (χ0) is 21.8. The minimum absolute atomic E-state index is 0.208. The van der Waals surface area contributed by atoms with E-state index in [0.717, 1.165) is 17.3 Å². The van der Waals surface area contributed by atoms with Gasteiger partial charge in [-0.05, 0) is 49.2 Å². The summed E-state index contributed by atoms with van der Waals surface area (Å²) in [5, 5.41) is 11.0. The summed E-state index contributed by atoms with van der Waals surface area (Å²) in [5.41, 5.74) is 0.609. The Morgan fingerprint density at radius 3 is 2.32 bits per heavy atom. The highest BCUT2D eigenvalue weighted by Crippen LogP contribution is 2.35. The number of pyridine rings is 1. The van der Waals surface area contributed by atoms with E-state index in [1.807, 2.05) is 29.2 Å². The van der Waals surface area contributed by atoms with Crippen LogP contribution in [0.3, 0.4) is 0 Å². The predicted molar refractivity (Wildman–Crippen MR) is 110 cm³/mol. The molecule has 6 nitrogen and oxygen atoms in total. The number of benzene rings is 1. The van der Waals surface area contributed by atoms with E-state index in [1.54, 1.807) is 12.4 Å². The third-order valence-corrected chi connectivity index (χ3v) is 5.31. The molecule has 31 heavy (non-hydrogen) atoms. The maximum atomic E-state index is 13.1. The Labute approximate surface area is 177 Å². The van der Waals surface area contributed by atoms with Gasteiger partial charge in [0.05, 0.1) is 16.9 Å². The van der Waals surface area contributed by atoms with Crippen LogP contribution in [0.25, 0.3) is 11.3 Å². The molecular formula is C22H20F3N5O. The van der Waals surface area contributed by atoms with Crippen LogP contribution < -0.4 is 10.2 Å². The third-order valence-electron chi connectivity index (χ3n) is 5.31. The number of para-hydroxylation sites is 1. The van der Waals surface area contributed by atoms with Gasteiger partial charge in [0.15, 0.2) is 5.82 Å². The smallest absolute Gasteiger partial charge is 0.355 e. The first-order chi connectivity index (χ1) is 14.9. The number of anilines is 2. The fourth-order valence-corrected chi connectivity index (χ4v) is 3.62. The second-order valence-electron chi connectivity index (χ2n) is 7.31. The van der Waals surface area contributed by atoms with Gasteiger partial charge >= 0.3 is 6.18 Å². The van der Waals surface area contributed by atoms with Crippen LogP contribution in [0, 0.1) is 5.92 Å². The molecule has 1 fully saturated rings. The van der Waals surface area contributed by atoms with Gasteiger partial charge < -0.3 is 10.2 Å². The van der Waals surface area contributed by atoms with E-state index < -0.39 is 17.6 Å². The van der Waals surface area contributed by atoms with Gasteiger partial charge in [-0.15, -0.1) is 10.2 Å². The van der Waals surface area contributed by atoms with Crippen LogP contribution in [-0.4, -0.2) is 34.2 Å². The van der Waals surface area contributed by atoms with E-state index in [4.69, 9.17) is 0 Å². The van der Waals surface area contributed by atoms with E-state index in [9.17, 15) is 18.0 Å². The Morgan fingerprint density at radius 1 is 0.968 bits per heavy atom. The van der Waals surface area contributed by atoms with Gasteiger partial charge in [-0.2, -0.15) is 13.2 Å². The number of amides is 1. The average Bonchev–Trinajstić information content (AvgIpc) is 2.79. The molecule has 1 saturated heterocycles. The standard InChI is InChI=1S/C22H20F3N5O/c23-22(24,25)17-3-1-2-4-19(17)27-21(31)16-9-13-30(14-10-16)20-6-5-18(28-29-20)15-7-11-26-12-8-15/h1-8,11-12,16H,9-10,13-14H2,(H,27,31). The lowest BCUT2D eigenvalue weighted by molar-refractivity contribution is -0.137. The average molecular weight is 427 g/mol. The van der Waals surface area contributed by atoms with Gasteiger partial charge in [0.2, 0.25) is 5.91 Å². The maximum absolute atomic E-state index is 13.1. The summed E-state index contributed by atoms with van der Waals surface area (Å²) in [5.74, 6) is -0.0452. The number of nitrogens with zero attached hydrogens (tertiary/aromatic N) is 4. The van der Waals surface area contributed by atoms with Crippen LogP contribution in [-0.2, 0) is 11.0 Å². The molecule has 3 aromatic rings. The van der Waals surface area contributed by atoms with Crippen LogP contribution in [0.4, 0.5) is 24.7 Å². The highest BCUT2D eigenvalue weighted by atomic mass is 19.4. The Bertz CT molecular complexity index is 1030. The van der Waals surface area contributed by atoms with E-state index in [1.165, 1.54) is 18.2 Å². The first kappa shape index (κ1) is 20.8. The van der Waals surface area contributed by atoms with Gasteiger partial charge in [0, 0.05) is 37.0 Å².